The van der Waals surface area contributed by atoms with Crippen molar-refractivity contribution in [2.75, 3.05) is 31.5 Å². The summed E-state index contributed by atoms with van der Waals surface area (Å²) in [6.45, 7) is 3.67. The van der Waals surface area contributed by atoms with Crippen molar-refractivity contribution in [2.24, 2.45) is 0 Å². The summed E-state index contributed by atoms with van der Waals surface area (Å²) in [5.74, 6) is 0.758. The zero-order valence-electron chi connectivity index (χ0n) is 18.1. The van der Waals surface area contributed by atoms with Gasteiger partial charge in [-0.1, -0.05) is 29.8 Å². The van der Waals surface area contributed by atoms with Crippen LogP contribution in [0.5, 0.6) is 0 Å². The Hall–Kier alpha value is -3.35. The van der Waals surface area contributed by atoms with E-state index >= 15 is 0 Å². The van der Waals surface area contributed by atoms with Crippen molar-refractivity contribution < 1.29 is 14.0 Å². The molecular formula is C26H24ClN3O3. The lowest BCUT2D eigenvalue weighted by atomic mass is 10.1. The number of benzene rings is 2. The number of amides is 2. The van der Waals surface area contributed by atoms with Gasteiger partial charge in [0, 0.05) is 35.5 Å². The van der Waals surface area contributed by atoms with Crippen LogP contribution in [0.15, 0.2) is 59.0 Å². The van der Waals surface area contributed by atoms with Gasteiger partial charge in [-0.2, -0.15) is 0 Å². The molecule has 5 rings (SSSR count). The fourth-order valence-electron chi connectivity index (χ4n) is 4.29. The molecular weight excluding hydrogens is 438 g/mol. The third-order valence-electron chi connectivity index (χ3n) is 6.03. The molecule has 3 aromatic rings. The van der Waals surface area contributed by atoms with E-state index in [2.05, 4.69) is 15.5 Å². The van der Waals surface area contributed by atoms with Crippen LogP contribution < -0.4 is 10.6 Å². The number of rotatable bonds is 6. The highest BCUT2D eigenvalue weighted by Crippen LogP contribution is 2.35. The minimum atomic E-state index is -0.167. The van der Waals surface area contributed by atoms with Gasteiger partial charge in [-0.15, -0.1) is 0 Å². The largest absolute Gasteiger partial charge is 0.457 e. The second-order valence-electron chi connectivity index (χ2n) is 8.26. The fraction of sp³-hybridized carbons (Fsp3) is 0.231. The molecule has 0 radical (unpaired) electrons. The molecule has 2 aliphatic rings. The number of hydrogen-bond donors (Lipinski definition) is 2. The molecule has 0 spiro atoms. The van der Waals surface area contributed by atoms with E-state index in [-0.39, 0.29) is 11.8 Å². The molecule has 7 heteroatoms. The predicted molar refractivity (Wildman–Crippen MR) is 130 cm³/mol. The van der Waals surface area contributed by atoms with Gasteiger partial charge in [0.2, 0.25) is 0 Å². The van der Waals surface area contributed by atoms with Crippen LogP contribution in [0.2, 0.25) is 5.02 Å². The minimum absolute atomic E-state index is 0.139. The maximum atomic E-state index is 12.6. The molecule has 33 heavy (non-hydrogen) atoms. The molecule has 2 aliphatic heterocycles. The highest BCUT2D eigenvalue weighted by molar-refractivity contribution is 6.35. The molecule has 2 N–H and O–H groups in total. The van der Waals surface area contributed by atoms with Gasteiger partial charge < -0.3 is 20.0 Å². The van der Waals surface area contributed by atoms with Crippen molar-refractivity contribution in [3.63, 3.8) is 0 Å². The van der Waals surface area contributed by atoms with Crippen molar-refractivity contribution in [2.45, 2.75) is 12.8 Å². The number of para-hydroxylation sites is 1. The lowest BCUT2D eigenvalue weighted by Gasteiger charge is -2.14. The van der Waals surface area contributed by atoms with E-state index in [4.69, 9.17) is 16.0 Å². The van der Waals surface area contributed by atoms with E-state index in [1.54, 1.807) is 36.4 Å². The smallest absolute Gasteiger partial charge is 0.256 e. The molecule has 2 amide bonds. The highest BCUT2D eigenvalue weighted by atomic mass is 35.5. The van der Waals surface area contributed by atoms with E-state index in [0.717, 1.165) is 30.9 Å². The molecule has 0 unspecified atom stereocenters. The Bertz CT molecular complexity index is 1240. The molecule has 6 nitrogen and oxygen atoms in total. The Balaban J connectivity index is 1.33. The van der Waals surface area contributed by atoms with Crippen molar-refractivity contribution >= 4 is 40.8 Å². The minimum Gasteiger partial charge on any atom is -0.457 e. The monoisotopic (exact) mass is 461 g/mol. The summed E-state index contributed by atoms with van der Waals surface area (Å²) in [7, 11) is 0. The van der Waals surface area contributed by atoms with Gasteiger partial charge in [0.25, 0.3) is 11.8 Å². The van der Waals surface area contributed by atoms with Gasteiger partial charge in [-0.3, -0.25) is 9.59 Å². The van der Waals surface area contributed by atoms with Crippen LogP contribution >= 0.6 is 11.6 Å². The van der Waals surface area contributed by atoms with Gasteiger partial charge in [0.15, 0.2) is 0 Å². The average molecular weight is 462 g/mol. The summed E-state index contributed by atoms with van der Waals surface area (Å²) in [5.41, 5.74) is 3.32. The highest BCUT2D eigenvalue weighted by Gasteiger charge is 2.24. The summed E-state index contributed by atoms with van der Waals surface area (Å²) in [6.07, 6.45) is 4.18. The van der Waals surface area contributed by atoms with Gasteiger partial charge in [-0.05, 0) is 68.4 Å². The van der Waals surface area contributed by atoms with E-state index in [9.17, 15) is 9.59 Å². The van der Waals surface area contributed by atoms with Crippen LogP contribution in [0.1, 0.15) is 34.5 Å². The Labute approximate surface area is 197 Å². The van der Waals surface area contributed by atoms with Crippen LogP contribution in [-0.4, -0.2) is 42.9 Å². The molecule has 168 valence electrons. The number of nitrogens with one attached hydrogen (secondary N) is 2. The summed E-state index contributed by atoms with van der Waals surface area (Å²) >= 11 is 6.42. The second kappa shape index (κ2) is 9.25. The molecule has 1 aromatic heterocycles. The number of likely N-dealkylation sites (tertiary alicyclic amines) is 1. The third-order valence-corrected chi connectivity index (χ3v) is 6.36. The quantitative estimate of drug-likeness (QED) is 0.511. The normalized spacial score (nSPS) is 16.8. The number of fused-ring (bicyclic) bond motifs is 1. The van der Waals surface area contributed by atoms with Crippen molar-refractivity contribution in [3.05, 3.63) is 76.5 Å². The first-order valence-corrected chi connectivity index (χ1v) is 11.5. The summed E-state index contributed by atoms with van der Waals surface area (Å²) in [6, 6.07) is 16.3. The fourth-order valence-corrected chi connectivity index (χ4v) is 4.50. The SMILES string of the molecule is O=C1Nc2ccccc2C1=Cc1ccc(-c2cc(C(=O)NCCN3CCCC3)ccc2Cl)o1. The number of furan rings is 1. The van der Waals surface area contributed by atoms with E-state index in [1.807, 2.05) is 24.3 Å². The molecule has 3 heterocycles. The van der Waals surface area contributed by atoms with E-state index in [0.29, 0.717) is 39.8 Å². The Morgan fingerprint density at radius 3 is 2.76 bits per heavy atom. The number of anilines is 1. The zero-order valence-corrected chi connectivity index (χ0v) is 18.8. The van der Waals surface area contributed by atoms with E-state index in [1.165, 1.54) is 12.8 Å². The summed E-state index contributed by atoms with van der Waals surface area (Å²) in [5, 5.41) is 6.32. The molecule has 1 saturated heterocycles. The molecule has 0 atom stereocenters. The summed E-state index contributed by atoms with van der Waals surface area (Å²) < 4.78 is 5.98. The lowest BCUT2D eigenvalue weighted by molar-refractivity contribution is -0.110. The lowest BCUT2D eigenvalue weighted by Crippen LogP contribution is -2.33. The third kappa shape index (κ3) is 4.58. The Morgan fingerprint density at radius 2 is 1.91 bits per heavy atom. The standard InChI is InChI=1S/C26H24ClN3O3/c27-22-9-7-17(25(31)28-11-14-30-12-3-4-13-30)15-21(22)24-10-8-18(33-24)16-20-19-5-1-2-6-23(19)29-26(20)32/h1-2,5-10,15-16H,3-4,11-14H2,(H,28,31)(H,29,32). The number of halogens is 1. The number of nitrogens with zero attached hydrogens (tertiary/aromatic N) is 1. The van der Waals surface area contributed by atoms with Gasteiger partial charge >= 0.3 is 0 Å². The second-order valence-corrected chi connectivity index (χ2v) is 8.67. The number of carbonyl (C=O) groups is 2. The van der Waals surface area contributed by atoms with Crippen LogP contribution in [0, 0.1) is 0 Å². The van der Waals surface area contributed by atoms with Gasteiger partial charge in [0.1, 0.15) is 11.5 Å². The van der Waals surface area contributed by atoms with Crippen molar-refractivity contribution in [1.82, 2.24) is 10.2 Å². The predicted octanol–water partition coefficient (Wildman–Crippen LogP) is 4.92. The first kappa shape index (κ1) is 21.5. The zero-order chi connectivity index (χ0) is 22.8. The van der Waals surface area contributed by atoms with Crippen LogP contribution in [0.25, 0.3) is 23.0 Å². The Morgan fingerprint density at radius 1 is 1.09 bits per heavy atom. The van der Waals surface area contributed by atoms with Gasteiger partial charge in [0.05, 0.1) is 10.6 Å². The van der Waals surface area contributed by atoms with E-state index < -0.39 is 0 Å². The van der Waals surface area contributed by atoms with Crippen LogP contribution in [0.3, 0.4) is 0 Å². The molecule has 1 fully saturated rings. The Kier molecular flexibility index (Phi) is 6.03. The maximum absolute atomic E-state index is 12.6. The topological polar surface area (TPSA) is 74.6 Å². The first-order chi connectivity index (χ1) is 16.1. The van der Waals surface area contributed by atoms with Crippen molar-refractivity contribution in [1.29, 1.82) is 0 Å². The van der Waals surface area contributed by atoms with Gasteiger partial charge in [-0.25, -0.2) is 0 Å². The number of carbonyl (C=O) groups excluding carboxylic acids is 2. The molecule has 2 aromatic carbocycles. The molecule has 0 bridgehead atoms. The summed E-state index contributed by atoms with van der Waals surface area (Å²) in [4.78, 5) is 27.4. The average Bonchev–Trinajstić information content (AvgIpc) is 3.56. The maximum Gasteiger partial charge on any atom is 0.256 e. The first-order valence-electron chi connectivity index (χ1n) is 11.1. The molecule has 0 aliphatic carbocycles. The number of hydrogen-bond acceptors (Lipinski definition) is 4. The van der Waals surface area contributed by atoms with Crippen LogP contribution in [0.4, 0.5) is 5.69 Å². The molecule has 0 saturated carbocycles. The van der Waals surface area contributed by atoms with Crippen LogP contribution in [-0.2, 0) is 4.79 Å². The van der Waals surface area contributed by atoms with Crippen molar-refractivity contribution in [3.8, 4) is 11.3 Å².